The molecule has 0 aromatic heterocycles. The van der Waals surface area contributed by atoms with Gasteiger partial charge in [-0.3, -0.25) is 4.79 Å². The number of phenols is 1. The Labute approximate surface area is 169 Å². The van der Waals surface area contributed by atoms with Gasteiger partial charge in [-0.15, -0.1) is 0 Å². The molecular formula is C24H23NO4. The van der Waals surface area contributed by atoms with Crippen LogP contribution in [0.5, 0.6) is 5.75 Å². The van der Waals surface area contributed by atoms with Crippen LogP contribution in [0.15, 0.2) is 60.7 Å². The van der Waals surface area contributed by atoms with E-state index in [0.29, 0.717) is 5.39 Å². The molecule has 0 aliphatic heterocycles. The molecule has 0 unspecified atom stereocenters. The Morgan fingerprint density at radius 3 is 2.69 bits per heavy atom. The number of aromatic hydroxyl groups is 1. The molecule has 0 fully saturated rings. The highest BCUT2D eigenvalue weighted by molar-refractivity contribution is 6.01. The van der Waals surface area contributed by atoms with Crippen LogP contribution in [-0.4, -0.2) is 23.1 Å². The highest BCUT2D eigenvalue weighted by atomic mass is 16.5. The first kappa shape index (κ1) is 19.0. The zero-order chi connectivity index (χ0) is 20.4. The highest BCUT2D eigenvalue weighted by Crippen LogP contribution is 2.31. The van der Waals surface area contributed by atoms with E-state index in [-0.39, 0.29) is 23.3 Å². The van der Waals surface area contributed by atoms with Crippen LogP contribution in [-0.2, 0) is 16.0 Å². The van der Waals surface area contributed by atoms with Gasteiger partial charge in [-0.2, -0.15) is 0 Å². The van der Waals surface area contributed by atoms with E-state index in [1.54, 1.807) is 25.1 Å². The van der Waals surface area contributed by atoms with Gasteiger partial charge in [0, 0.05) is 5.39 Å². The summed E-state index contributed by atoms with van der Waals surface area (Å²) in [5.74, 6) is -1.21. The maximum Gasteiger partial charge on any atom is 0.342 e. The summed E-state index contributed by atoms with van der Waals surface area (Å²) in [5, 5.41) is 14.8. The number of hydrogen-bond acceptors (Lipinski definition) is 4. The van der Waals surface area contributed by atoms with Gasteiger partial charge in [0.15, 0.2) is 6.10 Å². The molecule has 0 spiro atoms. The fraction of sp³-hybridized carbons (Fsp3) is 0.250. The number of hydrogen-bond donors (Lipinski definition) is 2. The molecule has 2 N–H and O–H groups in total. The minimum atomic E-state index is -0.970. The van der Waals surface area contributed by atoms with Crippen LogP contribution in [0.1, 0.15) is 47.3 Å². The lowest BCUT2D eigenvalue weighted by molar-refractivity contribution is -0.130. The number of esters is 1. The van der Waals surface area contributed by atoms with Crippen molar-refractivity contribution >= 4 is 22.6 Å². The normalized spacial score (nSPS) is 16.7. The van der Waals surface area contributed by atoms with E-state index in [0.717, 1.165) is 30.2 Å². The van der Waals surface area contributed by atoms with E-state index >= 15 is 0 Å². The smallest absolute Gasteiger partial charge is 0.342 e. The average molecular weight is 389 g/mol. The third-order valence-corrected chi connectivity index (χ3v) is 5.46. The molecule has 3 aromatic rings. The molecule has 1 amide bonds. The molecule has 1 aliphatic rings. The standard InChI is InChI=1S/C24H23NO4/c1-15(23(27)25-21-12-6-9-16-7-2-4-10-18(16)21)29-24(28)20-14-13-17-8-3-5-11-19(17)22(20)26/h2-5,7-8,10-11,13-15,21,26H,6,9,12H2,1H3,(H,25,27)/t15-,21+/m0/s1. The number of amides is 1. The number of fused-ring (bicyclic) bond motifs is 2. The average Bonchev–Trinajstić information content (AvgIpc) is 2.74. The first-order valence-electron chi connectivity index (χ1n) is 9.84. The summed E-state index contributed by atoms with van der Waals surface area (Å²) >= 11 is 0. The van der Waals surface area contributed by atoms with Gasteiger partial charge in [0.25, 0.3) is 5.91 Å². The number of ether oxygens (including phenoxy) is 1. The number of carbonyl (C=O) groups is 2. The van der Waals surface area contributed by atoms with E-state index in [4.69, 9.17) is 4.74 Å². The van der Waals surface area contributed by atoms with Crippen molar-refractivity contribution in [1.82, 2.24) is 5.32 Å². The highest BCUT2D eigenvalue weighted by Gasteiger charge is 2.26. The second kappa shape index (κ2) is 7.95. The first-order valence-corrected chi connectivity index (χ1v) is 9.84. The molecule has 5 heteroatoms. The Balaban J connectivity index is 1.46. The molecule has 3 aromatic carbocycles. The van der Waals surface area contributed by atoms with Gasteiger partial charge >= 0.3 is 5.97 Å². The fourth-order valence-corrected chi connectivity index (χ4v) is 3.89. The third kappa shape index (κ3) is 3.81. The Bertz CT molecular complexity index is 1080. The van der Waals surface area contributed by atoms with E-state index in [1.807, 2.05) is 30.3 Å². The van der Waals surface area contributed by atoms with Gasteiger partial charge in [0.2, 0.25) is 0 Å². The van der Waals surface area contributed by atoms with Gasteiger partial charge in [-0.1, -0.05) is 54.6 Å². The van der Waals surface area contributed by atoms with Crippen molar-refractivity contribution in [2.75, 3.05) is 0 Å². The van der Waals surface area contributed by atoms with Crippen molar-refractivity contribution in [3.8, 4) is 5.75 Å². The van der Waals surface area contributed by atoms with Crippen molar-refractivity contribution in [3.05, 3.63) is 77.4 Å². The molecule has 4 rings (SSSR count). The molecule has 0 saturated carbocycles. The molecule has 29 heavy (non-hydrogen) atoms. The number of aryl methyl sites for hydroxylation is 1. The van der Waals surface area contributed by atoms with Crippen molar-refractivity contribution in [2.45, 2.75) is 38.3 Å². The maximum atomic E-state index is 12.6. The lowest BCUT2D eigenvalue weighted by Crippen LogP contribution is -2.39. The molecule has 2 atom stereocenters. The van der Waals surface area contributed by atoms with Crippen LogP contribution < -0.4 is 5.32 Å². The Kier molecular flexibility index (Phi) is 5.21. The van der Waals surface area contributed by atoms with Crippen molar-refractivity contribution in [3.63, 3.8) is 0 Å². The molecule has 0 saturated heterocycles. The summed E-state index contributed by atoms with van der Waals surface area (Å²) < 4.78 is 5.35. The number of benzene rings is 3. The minimum Gasteiger partial charge on any atom is -0.506 e. The van der Waals surface area contributed by atoms with Crippen LogP contribution in [0.25, 0.3) is 10.8 Å². The first-order chi connectivity index (χ1) is 14.0. The minimum absolute atomic E-state index is 0.0476. The van der Waals surface area contributed by atoms with Crippen LogP contribution >= 0.6 is 0 Å². The number of carbonyl (C=O) groups excluding carboxylic acids is 2. The van der Waals surface area contributed by atoms with Crippen LogP contribution in [0.2, 0.25) is 0 Å². The van der Waals surface area contributed by atoms with Crippen molar-refractivity contribution < 1.29 is 19.4 Å². The Morgan fingerprint density at radius 1 is 1.07 bits per heavy atom. The van der Waals surface area contributed by atoms with Gasteiger partial charge in [-0.25, -0.2) is 4.79 Å². The molecule has 5 nitrogen and oxygen atoms in total. The second-order valence-corrected chi connectivity index (χ2v) is 7.38. The van der Waals surface area contributed by atoms with Crippen LogP contribution in [0.4, 0.5) is 0 Å². The summed E-state index contributed by atoms with van der Waals surface area (Å²) in [6.45, 7) is 1.54. The Morgan fingerprint density at radius 2 is 1.83 bits per heavy atom. The zero-order valence-electron chi connectivity index (χ0n) is 16.2. The maximum absolute atomic E-state index is 12.6. The lowest BCUT2D eigenvalue weighted by atomic mass is 9.87. The summed E-state index contributed by atoms with van der Waals surface area (Å²) in [6.07, 6.45) is 1.90. The molecule has 0 radical (unpaired) electrons. The summed E-state index contributed by atoms with van der Waals surface area (Å²) in [5.41, 5.74) is 2.42. The van der Waals surface area contributed by atoms with E-state index in [1.165, 1.54) is 11.6 Å². The summed E-state index contributed by atoms with van der Waals surface area (Å²) in [4.78, 5) is 25.2. The van der Waals surface area contributed by atoms with Crippen LogP contribution in [0, 0.1) is 0 Å². The molecule has 0 heterocycles. The predicted molar refractivity (Wildman–Crippen MR) is 111 cm³/mol. The predicted octanol–water partition coefficient (Wildman–Crippen LogP) is 4.28. The number of phenolic OH excluding ortho intramolecular Hbond substituents is 1. The topological polar surface area (TPSA) is 75.6 Å². The van der Waals surface area contributed by atoms with Gasteiger partial charge in [0.1, 0.15) is 11.3 Å². The molecule has 148 valence electrons. The van der Waals surface area contributed by atoms with Crippen molar-refractivity contribution in [2.24, 2.45) is 0 Å². The van der Waals surface area contributed by atoms with Crippen molar-refractivity contribution in [1.29, 1.82) is 0 Å². The van der Waals surface area contributed by atoms with E-state index < -0.39 is 12.1 Å². The molecular weight excluding hydrogens is 366 g/mol. The van der Waals surface area contributed by atoms with Gasteiger partial charge in [-0.05, 0) is 48.8 Å². The molecule has 0 bridgehead atoms. The largest absolute Gasteiger partial charge is 0.506 e. The SMILES string of the molecule is C[C@H](OC(=O)c1ccc2ccccc2c1O)C(=O)N[C@@H]1CCCc2ccccc21. The van der Waals surface area contributed by atoms with E-state index in [9.17, 15) is 14.7 Å². The Hall–Kier alpha value is -3.34. The van der Waals surface area contributed by atoms with E-state index in [2.05, 4.69) is 11.4 Å². The summed E-state index contributed by atoms with van der Waals surface area (Å²) in [6, 6.07) is 18.5. The van der Waals surface area contributed by atoms with Gasteiger partial charge < -0.3 is 15.2 Å². The number of rotatable bonds is 4. The third-order valence-electron chi connectivity index (χ3n) is 5.46. The number of nitrogens with one attached hydrogen (secondary N) is 1. The van der Waals surface area contributed by atoms with Gasteiger partial charge in [0.05, 0.1) is 6.04 Å². The molecule has 1 aliphatic carbocycles. The summed E-state index contributed by atoms with van der Waals surface area (Å²) in [7, 11) is 0. The monoisotopic (exact) mass is 389 g/mol. The lowest BCUT2D eigenvalue weighted by Gasteiger charge is -2.27. The zero-order valence-corrected chi connectivity index (χ0v) is 16.2. The van der Waals surface area contributed by atoms with Crippen LogP contribution in [0.3, 0.4) is 0 Å². The fourth-order valence-electron chi connectivity index (χ4n) is 3.89. The quantitative estimate of drug-likeness (QED) is 0.653. The second-order valence-electron chi connectivity index (χ2n) is 7.38.